The maximum absolute atomic E-state index is 12.5. The maximum Gasteiger partial charge on any atom is 0.432 e. The Labute approximate surface area is 110 Å². The first-order valence-electron chi connectivity index (χ1n) is 5.41. The van der Waals surface area contributed by atoms with Crippen molar-refractivity contribution < 1.29 is 22.7 Å². The van der Waals surface area contributed by atoms with Crippen LogP contribution in [0, 0.1) is 0 Å². The van der Waals surface area contributed by atoms with Gasteiger partial charge in [-0.1, -0.05) is 6.07 Å². The predicted octanol–water partition coefficient (Wildman–Crippen LogP) is 1.97. The molecule has 0 saturated carbocycles. The van der Waals surface area contributed by atoms with E-state index in [1.807, 2.05) is 5.10 Å². The summed E-state index contributed by atoms with van der Waals surface area (Å²) < 4.78 is 42.7. The molecule has 0 amide bonds. The van der Waals surface area contributed by atoms with E-state index in [4.69, 9.17) is 0 Å². The van der Waals surface area contributed by atoms with E-state index >= 15 is 0 Å². The normalized spacial score (nSPS) is 11.4. The Hall–Kier alpha value is -2.51. The van der Waals surface area contributed by atoms with Crippen LogP contribution in [-0.4, -0.2) is 22.9 Å². The summed E-state index contributed by atoms with van der Waals surface area (Å²) in [5.41, 5.74) is -1.81. The zero-order valence-electron chi connectivity index (χ0n) is 10.2. The van der Waals surface area contributed by atoms with Gasteiger partial charge in [-0.2, -0.15) is 13.2 Å². The highest BCUT2D eigenvalue weighted by atomic mass is 19.4. The number of rotatable bonds is 2. The van der Waals surface area contributed by atoms with E-state index in [-0.39, 0.29) is 11.3 Å². The molecular formula is C12H9F3N2O3. The summed E-state index contributed by atoms with van der Waals surface area (Å²) in [5.74, 6) is -0.650. The number of alkyl halides is 3. The summed E-state index contributed by atoms with van der Waals surface area (Å²) in [4.78, 5) is 22.9. The van der Waals surface area contributed by atoms with Crippen LogP contribution in [0.1, 0.15) is 16.1 Å². The minimum absolute atomic E-state index is 0.105. The summed E-state index contributed by atoms with van der Waals surface area (Å²) in [6, 6.07) is 5.95. The number of esters is 1. The Morgan fingerprint density at radius 3 is 2.55 bits per heavy atom. The van der Waals surface area contributed by atoms with Crippen LogP contribution in [-0.2, 0) is 10.9 Å². The lowest BCUT2D eigenvalue weighted by Crippen LogP contribution is -2.14. The topological polar surface area (TPSA) is 64.1 Å². The van der Waals surface area contributed by atoms with Gasteiger partial charge in [0.2, 0.25) is 0 Å². The van der Waals surface area contributed by atoms with E-state index in [0.29, 0.717) is 10.7 Å². The third-order valence-corrected chi connectivity index (χ3v) is 2.55. The van der Waals surface area contributed by atoms with Crippen LogP contribution in [0.2, 0.25) is 0 Å². The van der Waals surface area contributed by atoms with Crippen molar-refractivity contribution in [1.29, 1.82) is 0 Å². The van der Waals surface area contributed by atoms with Crippen molar-refractivity contribution in [3.63, 3.8) is 0 Å². The fourth-order valence-corrected chi connectivity index (χ4v) is 1.62. The van der Waals surface area contributed by atoms with E-state index in [2.05, 4.69) is 4.74 Å². The van der Waals surface area contributed by atoms with Gasteiger partial charge >= 0.3 is 12.1 Å². The van der Waals surface area contributed by atoms with Crippen LogP contribution < -0.4 is 5.56 Å². The smallest absolute Gasteiger partial charge is 0.432 e. The van der Waals surface area contributed by atoms with Crippen LogP contribution >= 0.6 is 0 Å². The molecule has 0 aliphatic rings. The molecule has 1 N–H and O–H groups in total. The molecule has 5 nitrogen and oxygen atoms in total. The fraction of sp³-hybridized carbons (Fsp3) is 0.167. The number of aromatic amines is 1. The van der Waals surface area contributed by atoms with Crippen LogP contribution in [0.15, 0.2) is 35.1 Å². The Morgan fingerprint density at radius 2 is 2.00 bits per heavy atom. The maximum atomic E-state index is 12.5. The molecule has 1 aromatic carbocycles. The second-order valence-corrected chi connectivity index (χ2v) is 3.88. The number of H-pyrrole nitrogens is 1. The molecule has 0 fully saturated rings. The zero-order valence-corrected chi connectivity index (χ0v) is 10.2. The van der Waals surface area contributed by atoms with Crippen LogP contribution in [0.5, 0.6) is 0 Å². The number of nitrogens with zero attached hydrogens (tertiary/aromatic N) is 1. The van der Waals surface area contributed by atoms with Crippen molar-refractivity contribution >= 4 is 5.97 Å². The lowest BCUT2D eigenvalue weighted by molar-refractivity contribution is -0.141. The van der Waals surface area contributed by atoms with Crippen LogP contribution in [0.25, 0.3) is 5.69 Å². The van der Waals surface area contributed by atoms with Gasteiger partial charge in [0.25, 0.3) is 5.56 Å². The minimum atomic E-state index is -4.65. The van der Waals surface area contributed by atoms with Crippen LogP contribution in [0.3, 0.4) is 0 Å². The van der Waals surface area contributed by atoms with Crippen LogP contribution in [0.4, 0.5) is 13.2 Å². The number of carbonyl (C=O) groups is 1. The number of hydrogen-bond acceptors (Lipinski definition) is 3. The average molecular weight is 286 g/mol. The third kappa shape index (κ3) is 2.58. The second kappa shape index (κ2) is 4.87. The highest BCUT2D eigenvalue weighted by Gasteiger charge is 2.33. The first-order chi connectivity index (χ1) is 9.32. The van der Waals surface area contributed by atoms with Crippen molar-refractivity contribution in [2.45, 2.75) is 6.18 Å². The zero-order chi connectivity index (χ0) is 14.9. The molecular weight excluding hydrogens is 277 g/mol. The van der Waals surface area contributed by atoms with Gasteiger partial charge in [-0.3, -0.25) is 9.89 Å². The van der Waals surface area contributed by atoms with E-state index in [0.717, 1.165) is 0 Å². The Balaban J connectivity index is 2.50. The molecule has 0 spiro atoms. The highest BCUT2D eigenvalue weighted by Crippen LogP contribution is 2.26. The second-order valence-electron chi connectivity index (χ2n) is 3.88. The van der Waals surface area contributed by atoms with Crippen molar-refractivity contribution in [3.05, 3.63) is 51.9 Å². The number of halogens is 3. The molecule has 1 heterocycles. The molecule has 0 saturated heterocycles. The minimum Gasteiger partial charge on any atom is -0.465 e. The van der Waals surface area contributed by atoms with Crippen molar-refractivity contribution in [2.24, 2.45) is 0 Å². The van der Waals surface area contributed by atoms with Gasteiger partial charge in [-0.15, -0.1) is 0 Å². The molecule has 2 aromatic rings. The SMILES string of the molecule is COC(=O)c1cccc(-n2[nH]c(C(F)(F)F)cc2=O)c1. The van der Waals surface area contributed by atoms with Gasteiger partial charge in [0, 0.05) is 6.07 Å². The van der Waals surface area contributed by atoms with Crippen molar-refractivity contribution in [1.82, 2.24) is 9.78 Å². The molecule has 0 unspecified atom stereocenters. The van der Waals surface area contributed by atoms with Gasteiger partial charge in [0.05, 0.1) is 18.4 Å². The molecule has 0 aliphatic heterocycles. The third-order valence-electron chi connectivity index (χ3n) is 2.55. The van der Waals surface area contributed by atoms with E-state index < -0.39 is 23.4 Å². The predicted molar refractivity (Wildman–Crippen MR) is 62.7 cm³/mol. The van der Waals surface area contributed by atoms with E-state index in [1.54, 1.807) is 0 Å². The van der Waals surface area contributed by atoms with E-state index in [1.165, 1.54) is 31.4 Å². The average Bonchev–Trinajstić information content (AvgIpc) is 2.80. The quantitative estimate of drug-likeness (QED) is 0.858. The van der Waals surface area contributed by atoms with Crippen molar-refractivity contribution in [2.75, 3.05) is 7.11 Å². The molecule has 0 bridgehead atoms. The number of benzene rings is 1. The first-order valence-corrected chi connectivity index (χ1v) is 5.41. The summed E-state index contributed by atoms with van der Waals surface area (Å²) in [6.07, 6.45) is -4.65. The van der Waals surface area contributed by atoms with Gasteiger partial charge in [0.1, 0.15) is 5.69 Å². The van der Waals surface area contributed by atoms with Crippen molar-refractivity contribution in [3.8, 4) is 5.69 Å². The Kier molecular flexibility index (Phi) is 3.39. The summed E-state index contributed by atoms with van der Waals surface area (Å²) in [5, 5.41) is 1.95. The fourth-order valence-electron chi connectivity index (χ4n) is 1.62. The molecule has 0 radical (unpaired) electrons. The highest BCUT2D eigenvalue weighted by molar-refractivity contribution is 5.89. The van der Waals surface area contributed by atoms with Gasteiger partial charge in [0.15, 0.2) is 0 Å². The van der Waals surface area contributed by atoms with E-state index in [9.17, 15) is 22.8 Å². The number of carbonyl (C=O) groups excluding carboxylic acids is 1. The number of ether oxygens (including phenoxy) is 1. The standard InChI is InChI=1S/C12H9F3N2O3/c1-20-11(19)7-3-2-4-8(5-7)17-10(18)6-9(16-17)12(13,14)15/h2-6,16H,1H3. The van der Waals surface area contributed by atoms with Gasteiger partial charge < -0.3 is 4.74 Å². The molecule has 1 aromatic heterocycles. The molecule has 20 heavy (non-hydrogen) atoms. The molecule has 106 valence electrons. The largest absolute Gasteiger partial charge is 0.465 e. The first kappa shape index (κ1) is 13.9. The number of methoxy groups -OCH3 is 1. The Morgan fingerprint density at radius 1 is 1.30 bits per heavy atom. The summed E-state index contributed by atoms with van der Waals surface area (Å²) in [7, 11) is 1.18. The lowest BCUT2D eigenvalue weighted by Gasteiger charge is -2.05. The number of nitrogens with one attached hydrogen (secondary N) is 1. The lowest BCUT2D eigenvalue weighted by atomic mass is 10.2. The summed E-state index contributed by atoms with van der Waals surface area (Å²) >= 11 is 0. The molecule has 0 aliphatic carbocycles. The number of hydrogen-bond donors (Lipinski definition) is 1. The monoisotopic (exact) mass is 286 g/mol. The molecule has 8 heteroatoms. The summed E-state index contributed by atoms with van der Waals surface area (Å²) in [6.45, 7) is 0. The van der Waals surface area contributed by atoms with Gasteiger partial charge in [-0.05, 0) is 18.2 Å². The molecule has 0 atom stereocenters. The number of aromatic nitrogens is 2. The molecule has 2 rings (SSSR count). The Bertz CT molecular complexity index is 700. The van der Waals surface area contributed by atoms with Gasteiger partial charge in [-0.25, -0.2) is 9.48 Å².